The first-order valence-electron chi connectivity index (χ1n) is 10.5. The molecule has 0 spiro atoms. The average molecular weight is 410 g/mol. The van der Waals surface area contributed by atoms with Crippen molar-refractivity contribution in [3.63, 3.8) is 0 Å². The summed E-state index contributed by atoms with van der Waals surface area (Å²) in [5.41, 5.74) is 3.05. The summed E-state index contributed by atoms with van der Waals surface area (Å²) in [6, 6.07) is 15.2. The van der Waals surface area contributed by atoms with Gasteiger partial charge in [0, 0.05) is 48.7 Å². The number of rotatable bonds is 9. The molecule has 30 heavy (non-hydrogen) atoms. The molecule has 1 aliphatic heterocycles. The van der Waals surface area contributed by atoms with Crippen LogP contribution in [0.2, 0.25) is 0 Å². The molecule has 0 aliphatic carbocycles. The Bertz CT molecular complexity index is 897. The zero-order valence-corrected chi connectivity index (χ0v) is 18.1. The molecule has 0 aromatic heterocycles. The highest BCUT2D eigenvalue weighted by molar-refractivity contribution is 5.99. The van der Waals surface area contributed by atoms with Crippen molar-refractivity contribution < 1.29 is 14.3 Å². The predicted octanol–water partition coefficient (Wildman–Crippen LogP) is 4.06. The van der Waals surface area contributed by atoms with Gasteiger partial charge >= 0.3 is 0 Å². The van der Waals surface area contributed by atoms with Crippen LogP contribution in [0.3, 0.4) is 0 Å². The summed E-state index contributed by atoms with van der Waals surface area (Å²) in [7, 11) is 1.66. The third-order valence-corrected chi connectivity index (χ3v) is 5.59. The van der Waals surface area contributed by atoms with Crippen molar-refractivity contribution in [2.24, 2.45) is 5.92 Å². The third-order valence-electron chi connectivity index (χ3n) is 5.59. The van der Waals surface area contributed by atoms with Gasteiger partial charge in [0.05, 0.1) is 0 Å². The molecule has 0 bridgehead atoms. The topological polar surface area (TPSA) is 70.7 Å². The lowest BCUT2D eigenvalue weighted by Gasteiger charge is -2.27. The van der Waals surface area contributed by atoms with Gasteiger partial charge in [0.25, 0.3) is 11.8 Å². The molecule has 2 aromatic carbocycles. The number of anilines is 1. The van der Waals surface area contributed by atoms with E-state index in [0.717, 1.165) is 17.7 Å². The number of ether oxygens (including phenoxy) is 1. The summed E-state index contributed by atoms with van der Waals surface area (Å²) in [6.45, 7) is 7.34. The largest absolute Gasteiger partial charge is 0.385 e. The normalized spacial score (nSPS) is 16.5. The molecule has 0 unspecified atom stereocenters. The lowest BCUT2D eigenvalue weighted by Crippen LogP contribution is -2.36. The minimum atomic E-state index is -0.279. The van der Waals surface area contributed by atoms with E-state index >= 15 is 0 Å². The maximum absolute atomic E-state index is 12.9. The van der Waals surface area contributed by atoms with Gasteiger partial charge in [-0.3, -0.25) is 9.59 Å². The molecule has 2 amide bonds. The third kappa shape index (κ3) is 4.82. The Labute approximate surface area is 178 Å². The Balaban J connectivity index is 1.81. The molecule has 6 nitrogen and oxygen atoms in total. The Kier molecular flexibility index (Phi) is 7.11. The van der Waals surface area contributed by atoms with Crippen molar-refractivity contribution in [3.05, 3.63) is 65.2 Å². The number of benzene rings is 2. The molecule has 1 heterocycles. The molecular weight excluding hydrogens is 378 g/mol. The van der Waals surface area contributed by atoms with Crippen LogP contribution in [0, 0.1) is 5.92 Å². The van der Waals surface area contributed by atoms with E-state index in [9.17, 15) is 9.59 Å². The van der Waals surface area contributed by atoms with Gasteiger partial charge in [-0.2, -0.15) is 0 Å². The van der Waals surface area contributed by atoms with Crippen LogP contribution in [0.25, 0.3) is 0 Å². The van der Waals surface area contributed by atoms with Crippen LogP contribution in [0.1, 0.15) is 59.6 Å². The maximum atomic E-state index is 12.9. The number of hydrogen-bond donors (Lipinski definition) is 2. The average Bonchev–Trinajstić information content (AvgIpc) is 3.00. The van der Waals surface area contributed by atoms with Gasteiger partial charge in [0.2, 0.25) is 0 Å². The molecule has 6 heteroatoms. The van der Waals surface area contributed by atoms with Crippen LogP contribution in [-0.4, -0.2) is 43.0 Å². The van der Waals surface area contributed by atoms with E-state index in [-0.39, 0.29) is 24.0 Å². The Morgan fingerprint density at radius 3 is 2.63 bits per heavy atom. The van der Waals surface area contributed by atoms with E-state index in [4.69, 9.17) is 4.74 Å². The van der Waals surface area contributed by atoms with Crippen LogP contribution < -0.4 is 10.6 Å². The smallest absolute Gasteiger partial charge is 0.256 e. The van der Waals surface area contributed by atoms with Crippen molar-refractivity contribution in [2.75, 3.05) is 25.6 Å². The highest BCUT2D eigenvalue weighted by Gasteiger charge is 2.36. The second kappa shape index (κ2) is 9.76. The first kappa shape index (κ1) is 21.8. The molecule has 0 saturated heterocycles. The second-order valence-corrected chi connectivity index (χ2v) is 8.07. The number of carbonyl (C=O) groups excluding carboxylic acids is 2. The summed E-state index contributed by atoms with van der Waals surface area (Å²) in [4.78, 5) is 27.4. The molecule has 2 aromatic rings. The van der Waals surface area contributed by atoms with Crippen molar-refractivity contribution in [2.45, 2.75) is 39.4 Å². The molecule has 0 radical (unpaired) electrons. The number of amides is 2. The molecule has 1 aliphatic rings. The maximum Gasteiger partial charge on any atom is 0.256 e. The van der Waals surface area contributed by atoms with Gasteiger partial charge in [-0.05, 0) is 43.5 Å². The summed E-state index contributed by atoms with van der Waals surface area (Å²) in [5, 5.41) is 6.50. The molecule has 2 atom stereocenters. The van der Waals surface area contributed by atoms with Crippen molar-refractivity contribution in [1.82, 2.24) is 10.2 Å². The van der Waals surface area contributed by atoms with Gasteiger partial charge in [0.1, 0.15) is 6.17 Å². The summed E-state index contributed by atoms with van der Waals surface area (Å²) < 4.78 is 5.16. The first-order valence-corrected chi connectivity index (χ1v) is 10.5. The van der Waals surface area contributed by atoms with Gasteiger partial charge in [-0.25, -0.2) is 0 Å². The fourth-order valence-corrected chi connectivity index (χ4v) is 3.50. The molecule has 2 N–H and O–H groups in total. The van der Waals surface area contributed by atoms with E-state index in [1.54, 1.807) is 13.2 Å². The van der Waals surface area contributed by atoms with Crippen LogP contribution in [0.4, 0.5) is 5.69 Å². The summed E-state index contributed by atoms with van der Waals surface area (Å²) >= 11 is 0. The predicted molar refractivity (Wildman–Crippen MR) is 119 cm³/mol. The lowest BCUT2D eigenvalue weighted by atomic mass is 10.1. The second-order valence-electron chi connectivity index (χ2n) is 8.07. The van der Waals surface area contributed by atoms with Gasteiger partial charge < -0.3 is 20.3 Å². The van der Waals surface area contributed by atoms with E-state index in [1.165, 1.54) is 0 Å². The van der Waals surface area contributed by atoms with Crippen LogP contribution >= 0.6 is 0 Å². The molecular formula is C24H31N3O3. The van der Waals surface area contributed by atoms with Gasteiger partial charge in [-0.15, -0.1) is 0 Å². The Hall–Kier alpha value is -2.86. The minimum absolute atomic E-state index is 0.0128. The number of carbonyl (C=O) groups is 2. The first-order chi connectivity index (χ1) is 14.4. The lowest BCUT2D eigenvalue weighted by molar-refractivity contribution is 0.0721. The monoisotopic (exact) mass is 409 g/mol. The number of methoxy groups -OCH3 is 1. The van der Waals surface area contributed by atoms with E-state index in [0.29, 0.717) is 30.2 Å². The van der Waals surface area contributed by atoms with Crippen molar-refractivity contribution in [3.8, 4) is 0 Å². The molecule has 0 saturated carbocycles. The fourth-order valence-electron chi connectivity index (χ4n) is 3.50. The van der Waals surface area contributed by atoms with Crippen LogP contribution in [-0.2, 0) is 4.74 Å². The fraction of sp³-hybridized carbons (Fsp3) is 0.417. The van der Waals surface area contributed by atoms with E-state index in [2.05, 4.69) is 24.5 Å². The molecule has 160 valence electrons. The SMILES string of the molecule is COCCCN1C(=O)c2ccccc2[C@H]1Nc1cccc(C(=O)N[C@H](C)C(C)C)c1. The molecule has 3 rings (SSSR count). The number of nitrogens with one attached hydrogen (secondary N) is 2. The Morgan fingerprint density at radius 1 is 1.13 bits per heavy atom. The molecule has 0 fully saturated rings. The highest BCUT2D eigenvalue weighted by Crippen LogP contribution is 2.34. The number of nitrogens with zero attached hydrogens (tertiary/aromatic N) is 1. The highest BCUT2D eigenvalue weighted by atomic mass is 16.5. The van der Waals surface area contributed by atoms with Crippen molar-refractivity contribution >= 4 is 17.5 Å². The van der Waals surface area contributed by atoms with Gasteiger partial charge in [-0.1, -0.05) is 38.1 Å². The Morgan fingerprint density at radius 2 is 1.90 bits per heavy atom. The summed E-state index contributed by atoms with van der Waals surface area (Å²) in [6.07, 6.45) is 0.475. The van der Waals surface area contributed by atoms with Crippen LogP contribution in [0.5, 0.6) is 0 Å². The zero-order chi connectivity index (χ0) is 21.7. The number of hydrogen-bond acceptors (Lipinski definition) is 4. The van der Waals surface area contributed by atoms with E-state index in [1.807, 2.05) is 54.3 Å². The number of fused-ring (bicyclic) bond motifs is 1. The quantitative estimate of drug-likeness (QED) is 0.613. The van der Waals surface area contributed by atoms with Crippen molar-refractivity contribution in [1.29, 1.82) is 0 Å². The van der Waals surface area contributed by atoms with E-state index < -0.39 is 0 Å². The zero-order valence-electron chi connectivity index (χ0n) is 18.1. The van der Waals surface area contributed by atoms with Gasteiger partial charge in [0.15, 0.2) is 0 Å². The minimum Gasteiger partial charge on any atom is -0.385 e. The standard InChI is InChI=1S/C24H31N3O3/c1-16(2)17(3)25-23(28)18-9-7-10-19(15-18)26-22-20-11-5-6-12-21(20)24(29)27(22)13-8-14-30-4/h5-7,9-12,15-17,22,26H,8,13-14H2,1-4H3,(H,25,28)/t17-,22+/m1/s1. The van der Waals surface area contributed by atoms with Crippen LogP contribution in [0.15, 0.2) is 48.5 Å². The summed E-state index contributed by atoms with van der Waals surface area (Å²) in [5.74, 6) is 0.274.